The van der Waals surface area contributed by atoms with Gasteiger partial charge < -0.3 is 10.6 Å². The van der Waals surface area contributed by atoms with E-state index in [1.165, 1.54) is 5.56 Å². The number of hydrogen-bond donors (Lipinski definition) is 2. The second kappa shape index (κ2) is 5.70. The quantitative estimate of drug-likeness (QED) is 0.897. The maximum Gasteiger partial charge on any atom is 0.255 e. The van der Waals surface area contributed by atoms with Crippen molar-refractivity contribution < 1.29 is 4.79 Å². The van der Waals surface area contributed by atoms with Crippen LogP contribution in [0.4, 0.5) is 5.69 Å². The van der Waals surface area contributed by atoms with E-state index < -0.39 is 0 Å². The van der Waals surface area contributed by atoms with Crippen molar-refractivity contribution in [3.63, 3.8) is 0 Å². The molecule has 118 valence electrons. The number of hydrogen-bond acceptors (Lipinski definition) is 3. The van der Waals surface area contributed by atoms with Crippen molar-refractivity contribution >= 4 is 11.6 Å². The molecular formula is C19H21N3O. The van der Waals surface area contributed by atoms with Crippen LogP contribution in [0.5, 0.6) is 0 Å². The van der Waals surface area contributed by atoms with Gasteiger partial charge in [0.2, 0.25) is 0 Å². The molecule has 2 heterocycles. The van der Waals surface area contributed by atoms with Crippen molar-refractivity contribution in [1.82, 2.24) is 10.2 Å². The smallest absolute Gasteiger partial charge is 0.255 e. The Morgan fingerprint density at radius 3 is 2.65 bits per heavy atom. The molecule has 0 radical (unpaired) electrons. The summed E-state index contributed by atoms with van der Waals surface area (Å²) in [5, 5.41) is 6.80. The van der Waals surface area contributed by atoms with Gasteiger partial charge in [-0.2, -0.15) is 0 Å². The van der Waals surface area contributed by atoms with Crippen LogP contribution in [0.3, 0.4) is 0 Å². The molecule has 4 rings (SSSR count). The van der Waals surface area contributed by atoms with Gasteiger partial charge in [-0.1, -0.05) is 42.5 Å². The number of nitrogens with zero attached hydrogens (tertiary/aromatic N) is 1. The van der Waals surface area contributed by atoms with E-state index in [-0.39, 0.29) is 11.6 Å². The third kappa shape index (κ3) is 2.82. The van der Waals surface area contributed by atoms with Gasteiger partial charge in [-0.3, -0.25) is 9.69 Å². The van der Waals surface area contributed by atoms with Gasteiger partial charge in [0.25, 0.3) is 5.91 Å². The summed E-state index contributed by atoms with van der Waals surface area (Å²) in [6.07, 6.45) is 2.03. The van der Waals surface area contributed by atoms with Crippen LogP contribution < -0.4 is 10.6 Å². The van der Waals surface area contributed by atoms with Crippen molar-refractivity contribution in [3.05, 3.63) is 65.7 Å². The summed E-state index contributed by atoms with van der Waals surface area (Å²) in [5.41, 5.74) is 2.64. The van der Waals surface area contributed by atoms with Gasteiger partial charge in [0, 0.05) is 18.8 Å². The van der Waals surface area contributed by atoms with Crippen LogP contribution in [-0.4, -0.2) is 29.6 Å². The van der Waals surface area contributed by atoms with Gasteiger partial charge >= 0.3 is 0 Å². The van der Waals surface area contributed by atoms with Crippen molar-refractivity contribution in [3.8, 4) is 0 Å². The summed E-state index contributed by atoms with van der Waals surface area (Å²) in [5.74, 6) is 0.0286. The predicted molar refractivity (Wildman–Crippen MR) is 91.2 cm³/mol. The summed E-state index contributed by atoms with van der Waals surface area (Å²) in [6.45, 7) is 2.81. The maximum atomic E-state index is 12.5. The Kier molecular flexibility index (Phi) is 3.54. The van der Waals surface area contributed by atoms with E-state index in [0.717, 1.165) is 43.7 Å². The largest absolute Gasteiger partial charge is 0.361 e. The number of likely N-dealkylation sites (tertiary alicyclic amines) is 1. The van der Waals surface area contributed by atoms with Crippen molar-refractivity contribution in [2.24, 2.45) is 0 Å². The second-order valence-corrected chi connectivity index (χ2v) is 6.51. The van der Waals surface area contributed by atoms with Crippen LogP contribution in [0.2, 0.25) is 0 Å². The Morgan fingerprint density at radius 2 is 1.78 bits per heavy atom. The molecule has 1 spiro atoms. The minimum Gasteiger partial charge on any atom is -0.361 e. The van der Waals surface area contributed by atoms with E-state index in [0.29, 0.717) is 0 Å². The first-order valence-electron chi connectivity index (χ1n) is 8.20. The molecule has 0 aliphatic carbocycles. The fraction of sp³-hybridized carbons (Fsp3) is 0.316. The van der Waals surface area contributed by atoms with E-state index in [4.69, 9.17) is 0 Å². The summed E-state index contributed by atoms with van der Waals surface area (Å²) >= 11 is 0. The first-order valence-corrected chi connectivity index (χ1v) is 8.20. The SMILES string of the molecule is O=C1NC2(CCCN(Cc3ccccc3)C2)Nc2ccccc21. The highest BCUT2D eigenvalue weighted by Crippen LogP contribution is 2.30. The second-order valence-electron chi connectivity index (χ2n) is 6.51. The van der Waals surface area contributed by atoms with Crippen molar-refractivity contribution in [1.29, 1.82) is 0 Å². The van der Waals surface area contributed by atoms with Crippen LogP contribution in [0, 0.1) is 0 Å². The molecule has 4 heteroatoms. The molecule has 1 fully saturated rings. The molecule has 0 bridgehead atoms. The number of piperidine rings is 1. The molecule has 2 aromatic rings. The summed E-state index contributed by atoms with van der Waals surface area (Å²) in [7, 11) is 0. The van der Waals surface area contributed by atoms with E-state index in [9.17, 15) is 4.79 Å². The summed E-state index contributed by atoms with van der Waals surface area (Å²) < 4.78 is 0. The third-order valence-corrected chi connectivity index (χ3v) is 4.72. The molecule has 4 nitrogen and oxygen atoms in total. The highest BCUT2D eigenvalue weighted by Gasteiger charge is 2.40. The van der Waals surface area contributed by atoms with Crippen molar-refractivity contribution in [2.45, 2.75) is 25.0 Å². The third-order valence-electron chi connectivity index (χ3n) is 4.72. The summed E-state index contributed by atoms with van der Waals surface area (Å²) in [6, 6.07) is 18.2. The lowest BCUT2D eigenvalue weighted by molar-refractivity contribution is 0.0795. The van der Waals surface area contributed by atoms with Gasteiger partial charge in [-0.05, 0) is 37.1 Å². The summed E-state index contributed by atoms with van der Waals surface area (Å²) in [4.78, 5) is 14.9. The van der Waals surface area contributed by atoms with Crippen LogP contribution >= 0.6 is 0 Å². The van der Waals surface area contributed by atoms with Gasteiger partial charge in [0.15, 0.2) is 0 Å². The van der Waals surface area contributed by atoms with Crippen LogP contribution in [0.15, 0.2) is 54.6 Å². The predicted octanol–water partition coefficient (Wildman–Crippen LogP) is 2.83. The molecule has 1 amide bonds. The lowest BCUT2D eigenvalue weighted by Crippen LogP contribution is -2.65. The lowest BCUT2D eigenvalue weighted by Gasteiger charge is -2.46. The van der Waals surface area contributed by atoms with Crippen LogP contribution in [0.25, 0.3) is 0 Å². The molecule has 2 N–H and O–H groups in total. The normalized spacial score (nSPS) is 23.9. The average Bonchev–Trinajstić information content (AvgIpc) is 2.56. The topological polar surface area (TPSA) is 44.4 Å². The zero-order valence-corrected chi connectivity index (χ0v) is 13.1. The molecule has 2 aliphatic heterocycles. The molecule has 23 heavy (non-hydrogen) atoms. The first-order chi connectivity index (χ1) is 11.2. The fourth-order valence-corrected chi connectivity index (χ4v) is 3.69. The van der Waals surface area contributed by atoms with Gasteiger partial charge in [-0.15, -0.1) is 0 Å². The fourth-order valence-electron chi connectivity index (χ4n) is 3.69. The van der Waals surface area contributed by atoms with E-state index >= 15 is 0 Å². The Morgan fingerprint density at radius 1 is 1.00 bits per heavy atom. The molecule has 2 aliphatic rings. The number of carbonyl (C=O) groups is 1. The molecule has 0 saturated carbocycles. The van der Waals surface area contributed by atoms with E-state index in [1.807, 2.05) is 30.3 Å². The van der Waals surface area contributed by atoms with Gasteiger partial charge in [0.05, 0.1) is 5.56 Å². The minimum absolute atomic E-state index is 0.0286. The number of para-hydroxylation sites is 1. The average molecular weight is 307 g/mol. The Hall–Kier alpha value is -2.33. The molecule has 0 aromatic heterocycles. The van der Waals surface area contributed by atoms with E-state index in [2.05, 4.69) is 39.8 Å². The standard InChI is InChI=1S/C19H21N3O/c23-18-16-9-4-5-10-17(16)20-19(21-18)11-6-12-22(14-19)13-15-7-2-1-3-8-15/h1-5,7-10,20H,6,11-14H2,(H,21,23). The highest BCUT2D eigenvalue weighted by atomic mass is 16.2. The number of amides is 1. The molecule has 2 aromatic carbocycles. The molecular weight excluding hydrogens is 286 g/mol. The lowest BCUT2D eigenvalue weighted by atomic mass is 9.93. The highest BCUT2D eigenvalue weighted by molar-refractivity contribution is 6.02. The number of rotatable bonds is 2. The minimum atomic E-state index is -0.349. The molecule has 1 unspecified atom stereocenters. The van der Waals surface area contributed by atoms with E-state index in [1.54, 1.807) is 0 Å². The van der Waals surface area contributed by atoms with Crippen LogP contribution in [-0.2, 0) is 6.54 Å². The Labute approximate surface area is 136 Å². The van der Waals surface area contributed by atoms with Gasteiger partial charge in [0.1, 0.15) is 5.66 Å². The number of anilines is 1. The number of benzene rings is 2. The number of fused-ring (bicyclic) bond motifs is 1. The van der Waals surface area contributed by atoms with Crippen LogP contribution in [0.1, 0.15) is 28.8 Å². The Balaban J connectivity index is 1.54. The maximum absolute atomic E-state index is 12.5. The van der Waals surface area contributed by atoms with Gasteiger partial charge in [-0.25, -0.2) is 0 Å². The Bertz CT molecular complexity index is 716. The zero-order valence-electron chi connectivity index (χ0n) is 13.1. The number of nitrogens with one attached hydrogen (secondary N) is 2. The number of carbonyl (C=O) groups excluding carboxylic acids is 1. The zero-order chi connectivity index (χ0) is 15.7. The van der Waals surface area contributed by atoms with Crippen molar-refractivity contribution in [2.75, 3.05) is 18.4 Å². The monoisotopic (exact) mass is 307 g/mol. The molecule has 1 saturated heterocycles. The first kappa shape index (κ1) is 14.3. The molecule has 1 atom stereocenters.